The quantitative estimate of drug-likeness (QED) is 0.792. The van der Waals surface area contributed by atoms with Crippen molar-refractivity contribution in [1.82, 2.24) is 24.6 Å². The van der Waals surface area contributed by atoms with Gasteiger partial charge in [-0.25, -0.2) is 4.98 Å². The Morgan fingerprint density at radius 1 is 1.33 bits per heavy atom. The van der Waals surface area contributed by atoms with Gasteiger partial charge in [0.05, 0.1) is 5.69 Å². The first kappa shape index (κ1) is 9.92. The van der Waals surface area contributed by atoms with Crippen LogP contribution in [-0.2, 0) is 14.1 Å². The van der Waals surface area contributed by atoms with Crippen molar-refractivity contribution in [3.05, 3.63) is 36.2 Å². The molecule has 5 heteroatoms. The molecule has 2 aromatic rings. The molecular weight excluding hydrogens is 190 g/mol. The monoisotopic (exact) mass is 205 g/mol. The lowest BCUT2D eigenvalue weighted by Gasteiger charge is -2.13. The third kappa shape index (κ3) is 1.78. The van der Waals surface area contributed by atoms with E-state index in [0.717, 1.165) is 11.5 Å². The highest BCUT2D eigenvalue weighted by molar-refractivity contribution is 5.16. The van der Waals surface area contributed by atoms with Gasteiger partial charge in [-0.2, -0.15) is 5.10 Å². The zero-order valence-corrected chi connectivity index (χ0v) is 9.18. The third-order valence-electron chi connectivity index (χ3n) is 2.44. The molecule has 0 saturated heterocycles. The van der Waals surface area contributed by atoms with E-state index in [2.05, 4.69) is 15.4 Å². The molecule has 0 amide bonds. The third-order valence-corrected chi connectivity index (χ3v) is 2.44. The zero-order valence-electron chi connectivity index (χ0n) is 9.18. The second-order valence-electron chi connectivity index (χ2n) is 3.53. The van der Waals surface area contributed by atoms with Gasteiger partial charge in [-0.3, -0.25) is 4.68 Å². The van der Waals surface area contributed by atoms with Gasteiger partial charge in [0.15, 0.2) is 0 Å². The van der Waals surface area contributed by atoms with Gasteiger partial charge in [0.25, 0.3) is 0 Å². The Hall–Kier alpha value is -1.62. The topological polar surface area (TPSA) is 47.7 Å². The summed E-state index contributed by atoms with van der Waals surface area (Å²) >= 11 is 0. The average Bonchev–Trinajstić information content (AvgIpc) is 2.79. The van der Waals surface area contributed by atoms with Crippen LogP contribution in [0.4, 0.5) is 0 Å². The van der Waals surface area contributed by atoms with E-state index in [-0.39, 0.29) is 6.04 Å². The lowest BCUT2D eigenvalue weighted by atomic mass is 10.2. The van der Waals surface area contributed by atoms with E-state index in [4.69, 9.17) is 0 Å². The van der Waals surface area contributed by atoms with Crippen LogP contribution in [0, 0.1) is 0 Å². The van der Waals surface area contributed by atoms with E-state index in [1.807, 2.05) is 44.2 Å². The van der Waals surface area contributed by atoms with E-state index < -0.39 is 0 Å². The Kier molecular flexibility index (Phi) is 2.55. The molecule has 5 nitrogen and oxygen atoms in total. The number of aryl methyl sites for hydroxylation is 2. The Morgan fingerprint density at radius 3 is 2.60 bits per heavy atom. The Balaban J connectivity index is 2.36. The summed E-state index contributed by atoms with van der Waals surface area (Å²) in [6.45, 7) is 0. The molecule has 0 aromatic carbocycles. The summed E-state index contributed by atoms with van der Waals surface area (Å²) in [5.41, 5.74) is 0.981. The highest BCUT2D eigenvalue weighted by Gasteiger charge is 2.18. The summed E-state index contributed by atoms with van der Waals surface area (Å²) in [4.78, 5) is 4.32. The summed E-state index contributed by atoms with van der Waals surface area (Å²) < 4.78 is 3.79. The van der Waals surface area contributed by atoms with Crippen LogP contribution in [0.15, 0.2) is 24.7 Å². The molecule has 0 aliphatic rings. The molecular formula is C10H15N5. The van der Waals surface area contributed by atoms with Gasteiger partial charge in [-0.15, -0.1) is 0 Å². The molecule has 2 aromatic heterocycles. The normalized spacial score (nSPS) is 13.0. The van der Waals surface area contributed by atoms with E-state index in [9.17, 15) is 0 Å². The Morgan fingerprint density at radius 2 is 2.13 bits per heavy atom. The fourth-order valence-electron chi connectivity index (χ4n) is 1.65. The predicted molar refractivity (Wildman–Crippen MR) is 57.3 cm³/mol. The first-order chi connectivity index (χ1) is 7.22. The number of nitrogens with one attached hydrogen (secondary N) is 1. The van der Waals surface area contributed by atoms with Crippen LogP contribution in [0.1, 0.15) is 17.6 Å². The van der Waals surface area contributed by atoms with Crippen molar-refractivity contribution in [2.45, 2.75) is 6.04 Å². The van der Waals surface area contributed by atoms with E-state index >= 15 is 0 Å². The van der Waals surface area contributed by atoms with E-state index in [0.29, 0.717) is 0 Å². The number of aromatic nitrogens is 4. The van der Waals surface area contributed by atoms with Crippen LogP contribution in [0.5, 0.6) is 0 Å². The first-order valence-corrected chi connectivity index (χ1v) is 4.86. The highest BCUT2D eigenvalue weighted by atomic mass is 15.3. The van der Waals surface area contributed by atoms with Crippen LogP contribution >= 0.6 is 0 Å². The van der Waals surface area contributed by atoms with Gasteiger partial charge in [0, 0.05) is 32.7 Å². The van der Waals surface area contributed by atoms with Crippen molar-refractivity contribution in [1.29, 1.82) is 0 Å². The van der Waals surface area contributed by atoms with Crippen LogP contribution in [0.3, 0.4) is 0 Å². The van der Waals surface area contributed by atoms with E-state index in [1.165, 1.54) is 0 Å². The maximum atomic E-state index is 4.38. The minimum Gasteiger partial charge on any atom is -0.336 e. The molecule has 1 atom stereocenters. The lowest BCUT2D eigenvalue weighted by Crippen LogP contribution is -2.21. The maximum Gasteiger partial charge on any atom is 0.131 e. The number of hydrogen-bond acceptors (Lipinski definition) is 3. The molecule has 1 N–H and O–H groups in total. The molecule has 0 radical (unpaired) electrons. The standard InChI is InChI=1S/C10H15N5/c1-11-9(8-4-6-15(3)13-8)10-12-5-7-14(10)2/h4-7,9,11H,1-3H3. The fourth-order valence-corrected chi connectivity index (χ4v) is 1.65. The molecule has 0 bridgehead atoms. The van der Waals surface area contributed by atoms with Crippen LogP contribution < -0.4 is 5.32 Å². The van der Waals surface area contributed by atoms with Gasteiger partial charge in [-0.1, -0.05) is 0 Å². The van der Waals surface area contributed by atoms with Crippen LogP contribution in [0.2, 0.25) is 0 Å². The minimum atomic E-state index is 0.0474. The molecule has 80 valence electrons. The molecule has 0 saturated carbocycles. The number of imidazole rings is 1. The number of rotatable bonds is 3. The maximum absolute atomic E-state index is 4.38. The molecule has 1 unspecified atom stereocenters. The first-order valence-electron chi connectivity index (χ1n) is 4.86. The van der Waals surface area contributed by atoms with Gasteiger partial charge < -0.3 is 9.88 Å². The Labute approximate surface area is 88.7 Å². The summed E-state index contributed by atoms with van der Waals surface area (Å²) in [5, 5.41) is 7.60. The molecule has 2 rings (SSSR count). The summed E-state index contributed by atoms with van der Waals surface area (Å²) in [7, 11) is 5.80. The molecule has 0 aliphatic heterocycles. The second-order valence-corrected chi connectivity index (χ2v) is 3.53. The van der Waals surface area contributed by atoms with Crippen molar-refractivity contribution in [2.75, 3.05) is 7.05 Å². The van der Waals surface area contributed by atoms with Gasteiger partial charge >= 0.3 is 0 Å². The van der Waals surface area contributed by atoms with Crippen LogP contribution in [0.25, 0.3) is 0 Å². The van der Waals surface area contributed by atoms with Crippen molar-refractivity contribution >= 4 is 0 Å². The predicted octanol–water partition coefficient (Wildman–Crippen LogP) is 0.462. The average molecular weight is 205 g/mol. The molecule has 0 aliphatic carbocycles. The zero-order chi connectivity index (χ0) is 10.8. The largest absolute Gasteiger partial charge is 0.336 e. The SMILES string of the molecule is CNC(c1ccn(C)n1)c1nccn1C. The van der Waals surface area contributed by atoms with Gasteiger partial charge in [-0.05, 0) is 13.1 Å². The van der Waals surface area contributed by atoms with Gasteiger partial charge in [0.1, 0.15) is 11.9 Å². The van der Waals surface area contributed by atoms with Crippen LogP contribution in [-0.4, -0.2) is 26.4 Å². The van der Waals surface area contributed by atoms with Gasteiger partial charge in [0.2, 0.25) is 0 Å². The number of hydrogen-bond donors (Lipinski definition) is 1. The second kappa shape index (κ2) is 3.86. The fraction of sp³-hybridized carbons (Fsp3) is 0.400. The minimum absolute atomic E-state index is 0.0474. The molecule has 15 heavy (non-hydrogen) atoms. The lowest BCUT2D eigenvalue weighted by molar-refractivity contribution is 0.589. The van der Waals surface area contributed by atoms with Crippen molar-refractivity contribution in [3.8, 4) is 0 Å². The summed E-state index contributed by atoms with van der Waals surface area (Å²) in [6, 6.07) is 2.04. The van der Waals surface area contributed by atoms with Crippen molar-refractivity contribution in [3.63, 3.8) is 0 Å². The number of nitrogens with zero attached hydrogens (tertiary/aromatic N) is 4. The molecule has 2 heterocycles. The van der Waals surface area contributed by atoms with Crippen molar-refractivity contribution < 1.29 is 0 Å². The van der Waals surface area contributed by atoms with E-state index in [1.54, 1.807) is 10.9 Å². The molecule has 0 fully saturated rings. The summed E-state index contributed by atoms with van der Waals surface area (Å²) in [6.07, 6.45) is 5.66. The Bertz CT molecular complexity index is 442. The summed E-state index contributed by atoms with van der Waals surface area (Å²) in [5.74, 6) is 0.969. The molecule has 0 spiro atoms. The van der Waals surface area contributed by atoms with Crippen molar-refractivity contribution in [2.24, 2.45) is 14.1 Å². The smallest absolute Gasteiger partial charge is 0.131 e. The highest BCUT2D eigenvalue weighted by Crippen LogP contribution is 2.17.